The second kappa shape index (κ2) is 10.0. The standard InChI is InChI=1S/C24H33NO5/c1-7-21(26)28-16-19(18-12-10-9-11-13-18)17-29-25-23(3,4)14-20(15-24(25,5)6)30-22(27)8-2/h7-13,19-20H,1-2,14-17H2,3-6H3. The maximum atomic E-state index is 11.7. The highest BCUT2D eigenvalue weighted by molar-refractivity contribution is 5.81. The molecule has 1 heterocycles. The monoisotopic (exact) mass is 415 g/mol. The molecule has 0 spiro atoms. The Kier molecular flexibility index (Phi) is 7.98. The molecule has 0 N–H and O–H groups in total. The molecular weight excluding hydrogens is 382 g/mol. The van der Waals surface area contributed by atoms with Gasteiger partial charge in [0.1, 0.15) is 12.7 Å². The molecule has 1 unspecified atom stereocenters. The smallest absolute Gasteiger partial charge is 0.330 e. The number of ether oxygens (including phenoxy) is 2. The second-order valence-corrected chi connectivity index (χ2v) is 8.83. The maximum Gasteiger partial charge on any atom is 0.330 e. The molecule has 30 heavy (non-hydrogen) atoms. The lowest BCUT2D eigenvalue weighted by Gasteiger charge is -2.53. The summed E-state index contributed by atoms with van der Waals surface area (Å²) in [5.41, 5.74) is 0.291. The van der Waals surface area contributed by atoms with Gasteiger partial charge in [-0.05, 0) is 33.3 Å². The third kappa shape index (κ3) is 6.28. The highest BCUT2D eigenvalue weighted by Gasteiger charge is 2.48. The van der Waals surface area contributed by atoms with Gasteiger partial charge in [-0.2, -0.15) is 5.06 Å². The highest BCUT2D eigenvalue weighted by atomic mass is 16.7. The summed E-state index contributed by atoms with van der Waals surface area (Å²) >= 11 is 0. The summed E-state index contributed by atoms with van der Waals surface area (Å²) in [5.74, 6) is -0.992. The molecule has 6 heteroatoms. The maximum absolute atomic E-state index is 11.7. The summed E-state index contributed by atoms with van der Waals surface area (Å²) in [6, 6.07) is 9.83. The van der Waals surface area contributed by atoms with E-state index in [1.165, 1.54) is 6.08 Å². The van der Waals surface area contributed by atoms with Crippen molar-refractivity contribution in [1.29, 1.82) is 0 Å². The van der Waals surface area contributed by atoms with Crippen molar-refractivity contribution in [3.05, 3.63) is 61.2 Å². The molecule has 0 saturated carbocycles. The molecule has 1 fully saturated rings. The van der Waals surface area contributed by atoms with Crippen LogP contribution in [0.5, 0.6) is 0 Å². The topological polar surface area (TPSA) is 65.1 Å². The summed E-state index contributed by atoms with van der Waals surface area (Å²) in [4.78, 5) is 29.6. The van der Waals surface area contributed by atoms with Crippen molar-refractivity contribution in [2.24, 2.45) is 0 Å². The van der Waals surface area contributed by atoms with Gasteiger partial charge in [-0.25, -0.2) is 9.59 Å². The second-order valence-electron chi connectivity index (χ2n) is 8.83. The number of hydrogen-bond acceptors (Lipinski definition) is 6. The molecule has 1 aliphatic heterocycles. The summed E-state index contributed by atoms with van der Waals surface area (Å²) in [6.07, 6.45) is 3.41. The van der Waals surface area contributed by atoms with E-state index in [-0.39, 0.29) is 29.7 Å². The lowest BCUT2D eigenvalue weighted by molar-refractivity contribution is -0.295. The van der Waals surface area contributed by atoms with Crippen molar-refractivity contribution in [2.75, 3.05) is 13.2 Å². The van der Waals surface area contributed by atoms with Gasteiger partial charge in [0.25, 0.3) is 0 Å². The largest absolute Gasteiger partial charge is 0.462 e. The first-order chi connectivity index (χ1) is 14.1. The van der Waals surface area contributed by atoms with Crippen molar-refractivity contribution in [3.63, 3.8) is 0 Å². The van der Waals surface area contributed by atoms with Crippen LogP contribution in [0, 0.1) is 0 Å². The van der Waals surface area contributed by atoms with Gasteiger partial charge in [0, 0.05) is 42.0 Å². The van der Waals surface area contributed by atoms with Crippen LogP contribution in [-0.2, 0) is 23.9 Å². The number of piperidine rings is 1. The number of rotatable bonds is 9. The minimum Gasteiger partial charge on any atom is -0.462 e. The SMILES string of the molecule is C=CC(=O)OCC(CON1C(C)(C)CC(OC(=O)C=C)CC1(C)C)c1ccccc1. The summed E-state index contributed by atoms with van der Waals surface area (Å²) in [7, 11) is 0. The van der Waals surface area contributed by atoms with Crippen LogP contribution in [0.15, 0.2) is 55.6 Å². The number of carbonyl (C=O) groups excluding carboxylic acids is 2. The zero-order chi connectivity index (χ0) is 22.4. The number of nitrogens with zero attached hydrogens (tertiary/aromatic N) is 1. The average Bonchev–Trinajstić information content (AvgIpc) is 2.68. The molecule has 1 aromatic rings. The quantitative estimate of drug-likeness (QED) is 0.445. The molecule has 0 bridgehead atoms. The molecule has 6 nitrogen and oxygen atoms in total. The van der Waals surface area contributed by atoms with E-state index in [1.54, 1.807) is 0 Å². The van der Waals surface area contributed by atoms with Crippen LogP contribution in [0.2, 0.25) is 0 Å². The minimum absolute atomic E-state index is 0.127. The van der Waals surface area contributed by atoms with E-state index >= 15 is 0 Å². The fourth-order valence-corrected chi connectivity index (χ4v) is 4.19. The molecule has 0 radical (unpaired) electrons. The Bertz CT molecular complexity index is 738. The van der Waals surface area contributed by atoms with Crippen LogP contribution in [0.25, 0.3) is 0 Å². The fraction of sp³-hybridized carbons (Fsp3) is 0.500. The number of hydroxylamine groups is 2. The third-order valence-electron chi connectivity index (χ3n) is 5.27. The van der Waals surface area contributed by atoms with Gasteiger partial charge in [-0.15, -0.1) is 0 Å². The van der Waals surface area contributed by atoms with Crippen LogP contribution in [0.3, 0.4) is 0 Å². The number of esters is 2. The predicted molar refractivity (Wildman–Crippen MR) is 116 cm³/mol. The molecule has 1 atom stereocenters. The summed E-state index contributed by atoms with van der Waals surface area (Å²) in [6.45, 7) is 15.7. The van der Waals surface area contributed by atoms with E-state index < -0.39 is 11.9 Å². The third-order valence-corrected chi connectivity index (χ3v) is 5.27. The predicted octanol–water partition coefficient (Wildman–Crippen LogP) is 4.18. The van der Waals surface area contributed by atoms with E-state index in [0.29, 0.717) is 19.4 Å². The number of benzene rings is 1. The van der Waals surface area contributed by atoms with E-state index in [0.717, 1.165) is 11.6 Å². The lowest BCUT2D eigenvalue weighted by atomic mass is 9.80. The summed E-state index contributed by atoms with van der Waals surface area (Å²) < 4.78 is 10.8. The van der Waals surface area contributed by atoms with Crippen LogP contribution in [0.4, 0.5) is 0 Å². The molecule has 2 rings (SSSR count). The van der Waals surface area contributed by atoms with Crippen molar-refractivity contribution >= 4 is 11.9 Å². The van der Waals surface area contributed by atoms with E-state index in [2.05, 4.69) is 40.9 Å². The molecule has 1 aromatic carbocycles. The minimum atomic E-state index is -0.457. The Hall–Kier alpha value is -2.44. The van der Waals surface area contributed by atoms with Gasteiger partial charge in [-0.3, -0.25) is 4.84 Å². The van der Waals surface area contributed by atoms with Gasteiger partial charge < -0.3 is 9.47 Å². The average molecular weight is 416 g/mol. The Morgan fingerprint density at radius 2 is 1.60 bits per heavy atom. The van der Waals surface area contributed by atoms with E-state index in [1.807, 2.05) is 35.4 Å². The van der Waals surface area contributed by atoms with Crippen molar-refractivity contribution < 1.29 is 23.9 Å². The van der Waals surface area contributed by atoms with E-state index in [9.17, 15) is 9.59 Å². The zero-order valence-corrected chi connectivity index (χ0v) is 18.4. The van der Waals surface area contributed by atoms with Crippen molar-refractivity contribution in [3.8, 4) is 0 Å². The van der Waals surface area contributed by atoms with Crippen molar-refractivity contribution in [2.45, 2.75) is 63.6 Å². The molecule has 0 amide bonds. The van der Waals surface area contributed by atoms with Crippen molar-refractivity contribution in [1.82, 2.24) is 5.06 Å². The molecule has 0 aromatic heterocycles. The Morgan fingerprint density at radius 1 is 1.03 bits per heavy atom. The van der Waals surface area contributed by atoms with Gasteiger partial charge >= 0.3 is 11.9 Å². The van der Waals surface area contributed by atoms with Gasteiger partial charge in [0.05, 0.1) is 6.61 Å². The molecule has 1 aliphatic rings. The van der Waals surface area contributed by atoms with Crippen LogP contribution in [-0.4, -0.2) is 47.4 Å². The Morgan fingerprint density at radius 3 is 2.13 bits per heavy atom. The van der Waals surface area contributed by atoms with Crippen LogP contribution in [0.1, 0.15) is 52.0 Å². The fourth-order valence-electron chi connectivity index (χ4n) is 4.19. The van der Waals surface area contributed by atoms with Gasteiger partial charge in [-0.1, -0.05) is 43.5 Å². The first-order valence-electron chi connectivity index (χ1n) is 10.2. The molecule has 164 valence electrons. The molecule has 0 aliphatic carbocycles. The highest BCUT2D eigenvalue weighted by Crippen LogP contribution is 2.40. The van der Waals surface area contributed by atoms with Gasteiger partial charge in [0.15, 0.2) is 0 Å². The van der Waals surface area contributed by atoms with Crippen LogP contribution < -0.4 is 0 Å². The molecular formula is C24H33NO5. The van der Waals surface area contributed by atoms with E-state index in [4.69, 9.17) is 14.3 Å². The number of hydrogen-bond donors (Lipinski definition) is 0. The first-order valence-corrected chi connectivity index (χ1v) is 10.2. The van der Waals surface area contributed by atoms with Crippen LogP contribution >= 0.6 is 0 Å². The Balaban J connectivity index is 2.12. The number of carbonyl (C=O) groups is 2. The zero-order valence-electron chi connectivity index (χ0n) is 18.4. The Labute approximate surface area is 179 Å². The first kappa shape index (κ1) is 23.8. The molecule has 1 saturated heterocycles. The summed E-state index contributed by atoms with van der Waals surface area (Å²) in [5, 5.41) is 1.99. The van der Waals surface area contributed by atoms with Gasteiger partial charge in [0.2, 0.25) is 0 Å². The lowest BCUT2D eigenvalue weighted by Crippen LogP contribution is -2.62. The normalized spacial score (nSPS) is 19.5.